The van der Waals surface area contributed by atoms with Crippen molar-refractivity contribution in [3.8, 4) is 0 Å². The second-order valence-electron chi connectivity index (χ2n) is 5.17. The first-order valence-electron chi connectivity index (χ1n) is 6.46. The van der Waals surface area contributed by atoms with E-state index in [9.17, 15) is 0 Å². The van der Waals surface area contributed by atoms with E-state index in [1.807, 2.05) is 0 Å². The molecule has 2 atom stereocenters. The summed E-state index contributed by atoms with van der Waals surface area (Å²) in [6.07, 6.45) is 2.41. The summed E-state index contributed by atoms with van der Waals surface area (Å²) in [4.78, 5) is 0. The molecule has 0 nitrogen and oxygen atoms in total. The van der Waals surface area contributed by atoms with E-state index < -0.39 is 0 Å². The average Bonchev–Trinajstić information content (AvgIpc) is 2.39. The minimum atomic E-state index is 0.686. The molecule has 1 aliphatic rings. The first kappa shape index (κ1) is 10.6. The number of rotatable bonds is 1. The molecule has 0 N–H and O–H groups in total. The summed E-state index contributed by atoms with van der Waals surface area (Å²) < 4.78 is 0. The molecule has 2 aromatic carbocycles. The highest BCUT2D eigenvalue weighted by Crippen LogP contribution is 2.36. The van der Waals surface area contributed by atoms with Crippen LogP contribution in [0.4, 0.5) is 0 Å². The van der Waals surface area contributed by atoms with E-state index in [0.29, 0.717) is 5.92 Å². The van der Waals surface area contributed by atoms with Crippen molar-refractivity contribution >= 4 is 0 Å². The lowest BCUT2D eigenvalue weighted by atomic mass is 9.74. The van der Waals surface area contributed by atoms with Crippen LogP contribution in [-0.2, 0) is 12.8 Å². The van der Waals surface area contributed by atoms with Crippen LogP contribution in [-0.4, -0.2) is 0 Å². The average molecular weight is 222 g/mol. The van der Waals surface area contributed by atoms with E-state index >= 15 is 0 Å². The largest absolute Gasteiger partial charge is 0.0622 e. The molecule has 0 saturated heterocycles. The van der Waals surface area contributed by atoms with Crippen LogP contribution in [0, 0.1) is 5.92 Å². The molecular weight excluding hydrogens is 204 g/mol. The number of hydrogen-bond donors (Lipinski definition) is 0. The van der Waals surface area contributed by atoms with Crippen LogP contribution in [0.3, 0.4) is 0 Å². The first-order chi connectivity index (χ1) is 8.34. The SMILES string of the molecule is CC1Cc2ccccc2CC1c1ccccc1. The van der Waals surface area contributed by atoms with E-state index in [2.05, 4.69) is 61.5 Å². The van der Waals surface area contributed by atoms with Crippen molar-refractivity contribution in [2.75, 3.05) is 0 Å². The second-order valence-corrected chi connectivity index (χ2v) is 5.17. The maximum atomic E-state index is 2.38. The molecule has 0 radical (unpaired) electrons. The van der Waals surface area contributed by atoms with Crippen molar-refractivity contribution in [1.82, 2.24) is 0 Å². The fourth-order valence-corrected chi connectivity index (χ4v) is 3.03. The van der Waals surface area contributed by atoms with Gasteiger partial charge in [-0.2, -0.15) is 0 Å². The lowest BCUT2D eigenvalue weighted by Crippen LogP contribution is -2.21. The lowest BCUT2D eigenvalue weighted by Gasteiger charge is -2.31. The summed E-state index contributed by atoms with van der Waals surface area (Å²) in [7, 11) is 0. The number of fused-ring (bicyclic) bond motifs is 1. The normalized spacial score (nSPS) is 23.1. The molecule has 2 unspecified atom stereocenters. The minimum Gasteiger partial charge on any atom is -0.0622 e. The molecule has 2 aromatic rings. The molecule has 1 aliphatic carbocycles. The van der Waals surface area contributed by atoms with Crippen LogP contribution in [0.2, 0.25) is 0 Å². The number of benzene rings is 2. The topological polar surface area (TPSA) is 0 Å². The van der Waals surface area contributed by atoms with Crippen molar-refractivity contribution in [2.24, 2.45) is 5.92 Å². The number of hydrogen-bond acceptors (Lipinski definition) is 0. The van der Waals surface area contributed by atoms with E-state index in [-0.39, 0.29) is 0 Å². The summed E-state index contributed by atoms with van der Waals surface area (Å²) in [5.74, 6) is 1.43. The third-order valence-corrected chi connectivity index (χ3v) is 4.01. The van der Waals surface area contributed by atoms with Crippen LogP contribution in [0.5, 0.6) is 0 Å². The van der Waals surface area contributed by atoms with Gasteiger partial charge in [-0.25, -0.2) is 0 Å². The molecule has 0 heteroatoms. The van der Waals surface area contributed by atoms with Gasteiger partial charge in [0.15, 0.2) is 0 Å². The van der Waals surface area contributed by atoms with Gasteiger partial charge in [-0.05, 0) is 41.4 Å². The standard InChI is InChI=1S/C17H18/c1-13-11-15-9-5-6-10-16(15)12-17(13)14-7-3-2-4-8-14/h2-10,13,17H,11-12H2,1H3. The van der Waals surface area contributed by atoms with Gasteiger partial charge in [0.2, 0.25) is 0 Å². The molecule has 0 aliphatic heterocycles. The molecule has 0 heterocycles. The van der Waals surface area contributed by atoms with Gasteiger partial charge < -0.3 is 0 Å². The third kappa shape index (κ3) is 2.00. The molecule has 17 heavy (non-hydrogen) atoms. The van der Waals surface area contributed by atoms with Crippen molar-refractivity contribution < 1.29 is 0 Å². The molecule has 0 aromatic heterocycles. The van der Waals surface area contributed by atoms with E-state index in [1.165, 1.54) is 18.4 Å². The zero-order valence-electron chi connectivity index (χ0n) is 10.3. The Morgan fingerprint density at radius 1 is 0.765 bits per heavy atom. The van der Waals surface area contributed by atoms with Crippen molar-refractivity contribution in [3.63, 3.8) is 0 Å². The maximum absolute atomic E-state index is 2.38. The molecule has 3 rings (SSSR count). The first-order valence-corrected chi connectivity index (χ1v) is 6.46. The summed E-state index contributed by atoms with van der Waals surface area (Å²) in [5, 5.41) is 0. The second kappa shape index (κ2) is 4.37. The van der Waals surface area contributed by atoms with E-state index in [1.54, 1.807) is 11.1 Å². The molecule has 0 saturated carbocycles. The van der Waals surface area contributed by atoms with Gasteiger partial charge in [-0.15, -0.1) is 0 Å². The minimum absolute atomic E-state index is 0.686. The van der Waals surface area contributed by atoms with Crippen molar-refractivity contribution in [3.05, 3.63) is 71.3 Å². The van der Waals surface area contributed by atoms with Gasteiger partial charge in [0.05, 0.1) is 0 Å². The Kier molecular flexibility index (Phi) is 2.72. The fourth-order valence-electron chi connectivity index (χ4n) is 3.03. The van der Waals surface area contributed by atoms with Crippen molar-refractivity contribution in [1.29, 1.82) is 0 Å². The summed E-state index contributed by atoms with van der Waals surface area (Å²) in [6.45, 7) is 2.38. The van der Waals surface area contributed by atoms with Crippen molar-refractivity contribution in [2.45, 2.75) is 25.7 Å². The van der Waals surface area contributed by atoms with Crippen LogP contribution in [0.15, 0.2) is 54.6 Å². The molecule has 0 amide bonds. The zero-order chi connectivity index (χ0) is 11.7. The Morgan fingerprint density at radius 2 is 1.35 bits per heavy atom. The van der Waals surface area contributed by atoms with Crippen LogP contribution < -0.4 is 0 Å². The van der Waals surface area contributed by atoms with Gasteiger partial charge >= 0.3 is 0 Å². The Bertz CT molecular complexity index is 498. The summed E-state index contributed by atoms with van der Waals surface area (Å²) in [5.41, 5.74) is 4.58. The predicted molar refractivity (Wildman–Crippen MR) is 72.2 cm³/mol. The smallest absolute Gasteiger partial charge is 0.00925 e. The van der Waals surface area contributed by atoms with Gasteiger partial charge in [0.1, 0.15) is 0 Å². The molecular formula is C17H18. The summed E-state index contributed by atoms with van der Waals surface area (Å²) >= 11 is 0. The fraction of sp³-hybridized carbons (Fsp3) is 0.294. The monoisotopic (exact) mass is 222 g/mol. The highest BCUT2D eigenvalue weighted by molar-refractivity contribution is 5.34. The van der Waals surface area contributed by atoms with E-state index in [4.69, 9.17) is 0 Å². The molecule has 0 bridgehead atoms. The summed E-state index contributed by atoms with van der Waals surface area (Å²) in [6, 6.07) is 19.9. The van der Waals surface area contributed by atoms with Gasteiger partial charge in [0, 0.05) is 0 Å². The Labute approximate surface area is 103 Å². The maximum Gasteiger partial charge on any atom is -0.00925 e. The predicted octanol–water partition coefficient (Wildman–Crippen LogP) is 4.21. The zero-order valence-corrected chi connectivity index (χ0v) is 10.3. The van der Waals surface area contributed by atoms with Gasteiger partial charge in [-0.1, -0.05) is 61.5 Å². The Morgan fingerprint density at radius 3 is 2.06 bits per heavy atom. The van der Waals surface area contributed by atoms with Gasteiger partial charge in [-0.3, -0.25) is 0 Å². The quantitative estimate of drug-likeness (QED) is 0.678. The molecule has 0 fully saturated rings. The lowest BCUT2D eigenvalue weighted by molar-refractivity contribution is 0.428. The van der Waals surface area contributed by atoms with Crippen LogP contribution in [0.25, 0.3) is 0 Å². The Hall–Kier alpha value is -1.56. The van der Waals surface area contributed by atoms with E-state index in [0.717, 1.165) is 5.92 Å². The molecule has 86 valence electrons. The highest BCUT2D eigenvalue weighted by Gasteiger charge is 2.25. The van der Waals surface area contributed by atoms with Crippen LogP contribution in [0.1, 0.15) is 29.5 Å². The Balaban J connectivity index is 1.95. The van der Waals surface area contributed by atoms with Gasteiger partial charge in [0.25, 0.3) is 0 Å². The highest BCUT2D eigenvalue weighted by atomic mass is 14.3. The molecule has 0 spiro atoms. The third-order valence-electron chi connectivity index (χ3n) is 4.01. The van der Waals surface area contributed by atoms with Crippen LogP contribution >= 0.6 is 0 Å².